The predicted octanol–water partition coefficient (Wildman–Crippen LogP) is 3.29. The fourth-order valence-electron chi connectivity index (χ4n) is 2.60. The molecule has 0 amide bonds. The van der Waals surface area contributed by atoms with Crippen LogP contribution >= 0.6 is 11.6 Å². The Balaban J connectivity index is 1.69. The lowest BCUT2D eigenvalue weighted by molar-refractivity contribution is 0.596. The number of anilines is 2. The van der Waals surface area contributed by atoms with E-state index in [1.807, 2.05) is 24.3 Å². The summed E-state index contributed by atoms with van der Waals surface area (Å²) in [7, 11) is 0. The van der Waals surface area contributed by atoms with Gasteiger partial charge in [-0.1, -0.05) is 12.1 Å². The molecule has 1 aliphatic heterocycles. The number of pyridine rings is 1. The summed E-state index contributed by atoms with van der Waals surface area (Å²) in [4.78, 5) is 8.70. The van der Waals surface area contributed by atoms with E-state index in [2.05, 4.69) is 14.8 Å². The van der Waals surface area contributed by atoms with Gasteiger partial charge in [0.15, 0.2) is 0 Å². The molecule has 5 heteroatoms. The van der Waals surface area contributed by atoms with Crippen molar-refractivity contribution in [3.63, 3.8) is 0 Å². The first kappa shape index (κ1) is 14.1. The number of para-hydroxylation sites is 1. The first-order chi connectivity index (χ1) is 10.3. The number of nitrogens with zero attached hydrogens (tertiary/aromatic N) is 3. The highest BCUT2D eigenvalue weighted by atomic mass is 35.5. The molecule has 2 aromatic rings. The van der Waals surface area contributed by atoms with E-state index in [1.54, 1.807) is 12.3 Å². The second-order valence-electron chi connectivity index (χ2n) is 5.08. The maximum absolute atomic E-state index is 13.8. The molecule has 0 unspecified atom stereocenters. The topological polar surface area (TPSA) is 19.4 Å². The molecule has 3 nitrogen and oxygen atoms in total. The zero-order chi connectivity index (χ0) is 14.7. The summed E-state index contributed by atoms with van der Waals surface area (Å²) in [6, 6.07) is 10.9. The molecule has 0 radical (unpaired) electrons. The average molecular weight is 306 g/mol. The Morgan fingerprint density at radius 1 is 1.05 bits per heavy atom. The minimum absolute atomic E-state index is 0.159. The molecule has 1 aromatic heterocycles. The van der Waals surface area contributed by atoms with Crippen LogP contribution in [0.15, 0.2) is 42.6 Å². The molecule has 1 aromatic carbocycles. The van der Waals surface area contributed by atoms with Crippen molar-refractivity contribution >= 4 is 23.1 Å². The van der Waals surface area contributed by atoms with Crippen LogP contribution in [-0.2, 0) is 5.88 Å². The fraction of sp³-hybridized carbons (Fsp3) is 0.312. The summed E-state index contributed by atoms with van der Waals surface area (Å²) in [6.45, 7) is 3.22. The Morgan fingerprint density at radius 3 is 2.48 bits per heavy atom. The minimum Gasteiger partial charge on any atom is -0.366 e. The molecule has 0 bridgehead atoms. The SMILES string of the molecule is Fc1ccccc1N1CCN(c2cc(CCl)ccn2)CC1. The van der Waals surface area contributed by atoms with E-state index in [1.165, 1.54) is 6.07 Å². The van der Waals surface area contributed by atoms with Gasteiger partial charge in [-0.25, -0.2) is 9.37 Å². The number of aromatic nitrogens is 1. The van der Waals surface area contributed by atoms with Gasteiger partial charge in [0.2, 0.25) is 0 Å². The van der Waals surface area contributed by atoms with Crippen molar-refractivity contribution in [2.75, 3.05) is 36.0 Å². The highest BCUT2D eigenvalue weighted by molar-refractivity contribution is 6.17. The lowest BCUT2D eigenvalue weighted by Crippen LogP contribution is -2.47. The van der Waals surface area contributed by atoms with Gasteiger partial charge in [-0.3, -0.25) is 0 Å². The molecule has 21 heavy (non-hydrogen) atoms. The maximum atomic E-state index is 13.8. The molecule has 1 fully saturated rings. The van der Waals surface area contributed by atoms with Gasteiger partial charge in [-0.15, -0.1) is 11.6 Å². The number of rotatable bonds is 3. The fourth-order valence-corrected chi connectivity index (χ4v) is 2.77. The van der Waals surface area contributed by atoms with Crippen molar-refractivity contribution in [1.29, 1.82) is 0 Å². The van der Waals surface area contributed by atoms with Crippen molar-refractivity contribution < 1.29 is 4.39 Å². The van der Waals surface area contributed by atoms with Crippen LogP contribution in [0.1, 0.15) is 5.56 Å². The smallest absolute Gasteiger partial charge is 0.146 e. The summed E-state index contributed by atoms with van der Waals surface area (Å²) in [5.74, 6) is 1.28. The molecule has 110 valence electrons. The van der Waals surface area contributed by atoms with E-state index in [0.29, 0.717) is 11.6 Å². The Hall–Kier alpha value is -1.81. The molecule has 2 heterocycles. The van der Waals surface area contributed by atoms with Gasteiger partial charge in [0.25, 0.3) is 0 Å². The van der Waals surface area contributed by atoms with Crippen molar-refractivity contribution in [3.8, 4) is 0 Å². The summed E-state index contributed by atoms with van der Waals surface area (Å²) in [5, 5.41) is 0. The Kier molecular flexibility index (Phi) is 4.25. The summed E-state index contributed by atoms with van der Waals surface area (Å²) < 4.78 is 13.8. The largest absolute Gasteiger partial charge is 0.366 e. The molecule has 0 N–H and O–H groups in total. The number of halogens is 2. The van der Waals surface area contributed by atoms with Gasteiger partial charge in [0, 0.05) is 38.3 Å². The van der Waals surface area contributed by atoms with E-state index >= 15 is 0 Å². The Bertz CT molecular complexity index is 612. The number of alkyl halides is 1. The highest BCUT2D eigenvalue weighted by Crippen LogP contribution is 2.22. The molecule has 3 rings (SSSR count). The third kappa shape index (κ3) is 3.10. The molecular weight excluding hydrogens is 289 g/mol. The Morgan fingerprint density at radius 2 is 1.76 bits per heavy atom. The van der Waals surface area contributed by atoms with Gasteiger partial charge >= 0.3 is 0 Å². The third-order valence-corrected chi connectivity index (χ3v) is 4.07. The summed E-state index contributed by atoms with van der Waals surface area (Å²) >= 11 is 5.86. The third-order valence-electron chi connectivity index (χ3n) is 3.76. The van der Waals surface area contributed by atoms with E-state index in [0.717, 1.165) is 37.6 Å². The molecule has 0 saturated carbocycles. The zero-order valence-electron chi connectivity index (χ0n) is 11.7. The quantitative estimate of drug-likeness (QED) is 0.811. The van der Waals surface area contributed by atoms with Gasteiger partial charge < -0.3 is 9.80 Å². The average Bonchev–Trinajstić information content (AvgIpc) is 2.56. The van der Waals surface area contributed by atoms with Gasteiger partial charge in [-0.2, -0.15) is 0 Å². The molecule has 0 spiro atoms. The van der Waals surface area contributed by atoms with E-state index in [4.69, 9.17) is 11.6 Å². The molecular formula is C16H17ClFN3. The van der Waals surface area contributed by atoms with Gasteiger partial charge in [0.05, 0.1) is 5.69 Å². The van der Waals surface area contributed by atoms with Crippen LogP contribution in [0.25, 0.3) is 0 Å². The second-order valence-corrected chi connectivity index (χ2v) is 5.35. The number of hydrogen-bond donors (Lipinski definition) is 0. The van der Waals surface area contributed by atoms with Crippen molar-refractivity contribution in [1.82, 2.24) is 4.98 Å². The predicted molar refractivity (Wildman–Crippen MR) is 84.6 cm³/mol. The van der Waals surface area contributed by atoms with Crippen molar-refractivity contribution in [3.05, 3.63) is 54.0 Å². The van der Waals surface area contributed by atoms with Crippen LogP contribution in [0.3, 0.4) is 0 Å². The van der Waals surface area contributed by atoms with Crippen LogP contribution in [0, 0.1) is 5.82 Å². The molecule has 1 aliphatic rings. The van der Waals surface area contributed by atoms with Crippen LogP contribution in [0.4, 0.5) is 15.9 Å². The van der Waals surface area contributed by atoms with Crippen molar-refractivity contribution in [2.45, 2.75) is 5.88 Å². The first-order valence-corrected chi connectivity index (χ1v) is 7.56. The second kappa shape index (κ2) is 6.31. The van der Waals surface area contributed by atoms with E-state index in [9.17, 15) is 4.39 Å². The lowest BCUT2D eigenvalue weighted by atomic mass is 10.2. The zero-order valence-corrected chi connectivity index (χ0v) is 12.4. The monoisotopic (exact) mass is 305 g/mol. The van der Waals surface area contributed by atoms with E-state index < -0.39 is 0 Å². The van der Waals surface area contributed by atoms with Crippen LogP contribution in [-0.4, -0.2) is 31.2 Å². The van der Waals surface area contributed by atoms with Crippen LogP contribution in [0.5, 0.6) is 0 Å². The summed E-state index contributed by atoms with van der Waals surface area (Å²) in [6.07, 6.45) is 1.79. The van der Waals surface area contributed by atoms with E-state index in [-0.39, 0.29) is 5.82 Å². The number of benzene rings is 1. The molecule has 0 atom stereocenters. The Labute approximate surface area is 129 Å². The minimum atomic E-state index is -0.159. The normalized spacial score (nSPS) is 15.3. The molecule has 0 aliphatic carbocycles. The lowest BCUT2D eigenvalue weighted by Gasteiger charge is -2.36. The van der Waals surface area contributed by atoms with Crippen LogP contribution < -0.4 is 9.80 Å². The molecule has 1 saturated heterocycles. The van der Waals surface area contributed by atoms with Crippen molar-refractivity contribution in [2.24, 2.45) is 0 Å². The van der Waals surface area contributed by atoms with Crippen LogP contribution in [0.2, 0.25) is 0 Å². The number of hydrogen-bond acceptors (Lipinski definition) is 3. The van der Waals surface area contributed by atoms with Gasteiger partial charge in [-0.05, 0) is 29.8 Å². The standard InChI is InChI=1S/C16H17ClFN3/c17-12-13-5-6-19-16(11-13)21-9-7-20(8-10-21)15-4-2-1-3-14(15)18/h1-6,11H,7-10,12H2. The number of piperazine rings is 1. The summed E-state index contributed by atoms with van der Waals surface area (Å²) in [5.41, 5.74) is 1.75. The van der Waals surface area contributed by atoms with Gasteiger partial charge in [0.1, 0.15) is 11.6 Å². The highest BCUT2D eigenvalue weighted by Gasteiger charge is 2.20. The maximum Gasteiger partial charge on any atom is 0.146 e. The first-order valence-electron chi connectivity index (χ1n) is 7.03.